The van der Waals surface area contributed by atoms with Gasteiger partial charge in [-0.3, -0.25) is 0 Å². The molecule has 0 aliphatic heterocycles. The van der Waals surface area contributed by atoms with Crippen molar-refractivity contribution in [2.45, 2.75) is 13.0 Å². The van der Waals surface area contributed by atoms with Gasteiger partial charge < -0.3 is 10.4 Å². The van der Waals surface area contributed by atoms with Crippen LogP contribution in [0.1, 0.15) is 11.1 Å². The van der Waals surface area contributed by atoms with E-state index in [0.29, 0.717) is 5.75 Å². The van der Waals surface area contributed by atoms with Gasteiger partial charge in [-0.15, -0.1) is 0 Å². The molecule has 0 amide bonds. The number of aromatic hydroxyl groups is 1. The van der Waals surface area contributed by atoms with E-state index in [-0.39, 0.29) is 0 Å². The molecule has 0 fully saturated rings. The van der Waals surface area contributed by atoms with Gasteiger partial charge in [0.05, 0.1) is 0 Å². The average Bonchev–Trinajstić information content (AvgIpc) is 2.62. The Morgan fingerprint density at radius 1 is 0.652 bits per heavy atom. The second kappa shape index (κ2) is 7.61. The van der Waals surface area contributed by atoms with Crippen LogP contribution >= 0.6 is 0 Å². The summed E-state index contributed by atoms with van der Waals surface area (Å²) in [6.07, 6.45) is 0.961. The first-order valence-corrected chi connectivity index (χ1v) is 7.94. The molecule has 0 aliphatic rings. The molecule has 0 bridgehead atoms. The van der Waals surface area contributed by atoms with Crippen molar-refractivity contribution in [3.8, 4) is 16.9 Å². The largest absolute Gasteiger partial charge is 0.508 e. The number of phenols is 1. The zero-order valence-electron chi connectivity index (χ0n) is 13.1. The van der Waals surface area contributed by atoms with Gasteiger partial charge in [0.1, 0.15) is 5.75 Å². The maximum Gasteiger partial charge on any atom is 0.115 e. The molecule has 0 heterocycles. The predicted octanol–water partition coefficient (Wildman–Crippen LogP) is 4.39. The minimum atomic E-state index is 0.320. The van der Waals surface area contributed by atoms with Crippen LogP contribution in [0.4, 0.5) is 0 Å². The molecule has 2 heteroatoms. The quantitative estimate of drug-likeness (QED) is 0.662. The van der Waals surface area contributed by atoms with Gasteiger partial charge >= 0.3 is 0 Å². The van der Waals surface area contributed by atoms with Crippen molar-refractivity contribution in [3.05, 3.63) is 90.0 Å². The Labute approximate surface area is 137 Å². The van der Waals surface area contributed by atoms with E-state index in [1.165, 1.54) is 22.3 Å². The fraction of sp³-hybridized carbons (Fsp3) is 0.143. The summed E-state index contributed by atoms with van der Waals surface area (Å²) in [4.78, 5) is 0. The summed E-state index contributed by atoms with van der Waals surface area (Å²) in [5.41, 5.74) is 5.02. The van der Waals surface area contributed by atoms with Gasteiger partial charge in [0.25, 0.3) is 0 Å². The summed E-state index contributed by atoms with van der Waals surface area (Å²) < 4.78 is 0. The highest BCUT2D eigenvalue weighted by molar-refractivity contribution is 5.63. The zero-order valence-corrected chi connectivity index (χ0v) is 13.1. The minimum Gasteiger partial charge on any atom is -0.508 e. The van der Waals surface area contributed by atoms with Crippen LogP contribution in [-0.4, -0.2) is 11.7 Å². The third kappa shape index (κ3) is 4.44. The summed E-state index contributed by atoms with van der Waals surface area (Å²) in [6, 6.07) is 26.5. The molecule has 3 aromatic rings. The summed E-state index contributed by atoms with van der Waals surface area (Å²) in [7, 11) is 0. The maximum absolute atomic E-state index is 9.27. The van der Waals surface area contributed by atoms with E-state index in [2.05, 4.69) is 53.8 Å². The monoisotopic (exact) mass is 303 g/mol. The molecule has 0 saturated heterocycles. The molecule has 3 aromatic carbocycles. The van der Waals surface area contributed by atoms with Gasteiger partial charge in [-0.05, 0) is 47.4 Å². The lowest BCUT2D eigenvalue weighted by molar-refractivity contribution is 0.475. The van der Waals surface area contributed by atoms with Crippen LogP contribution in [-0.2, 0) is 13.0 Å². The Kier molecular flexibility index (Phi) is 5.07. The Bertz CT molecular complexity index is 718. The van der Waals surface area contributed by atoms with Gasteiger partial charge in [0.15, 0.2) is 0 Å². The molecule has 0 unspecified atom stereocenters. The summed E-state index contributed by atoms with van der Waals surface area (Å²) in [5.74, 6) is 0.320. The predicted molar refractivity (Wildman–Crippen MR) is 95.4 cm³/mol. The first-order valence-electron chi connectivity index (χ1n) is 7.94. The molecular weight excluding hydrogens is 282 g/mol. The molecular formula is C21H21NO. The van der Waals surface area contributed by atoms with Crippen molar-refractivity contribution < 1.29 is 5.11 Å². The molecule has 0 aromatic heterocycles. The number of nitrogens with one attached hydrogen (secondary N) is 1. The van der Waals surface area contributed by atoms with Crippen LogP contribution in [0.2, 0.25) is 0 Å². The van der Waals surface area contributed by atoms with E-state index in [0.717, 1.165) is 19.5 Å². The molecule has 0 radical (unpaired) electrons. The van der Waals surface area contributed by atoms with Crippen molar-refractivity contribution in [3.63, 3.8) is 0 Å². The highest BCUT2D eigenvalue weighted by Gasteiger charge is 1.98. The average molecular weight is 303 g/mol. The van der Waals surface area contributed by atoms with Gasteiger partial charge in [0, 0.05) is 6.54 Å². The van der Waals surface area contributed by atoms with Gasteiger partial charge in [0.2, 0.25) is 0 Å². The van der Waals surface area contributed by atoms with Crippen molar-refractivity contribution in [2.75, 3.05) is 6.54 Å². The van der Waals surface area contributed by atoms with Crippen LogP contribution in [0.15, 0.2) is 78.9 Å². The number of phenolic OH excluding ortho intramolecular Hbond substituents is 1. The third-order valence-electron chi connectivity index (χ3n) is 3.92. The second-order valence-electron chi connectivity index (χ2n) is 5.66. The Hall–Kier alpha value is -2.58. The Morgan fingerprint density at radius 3 is 1.96 bits per heavy atom. The van der Waals surface area contributed by atoms with E-state index in [9.17, 15) is 5.11 Å². The van der Waals surface area contributed by atoms with Gasteiger partial charge in [-0.25, -0.2) is 0 Å². The van der Waals surface area contributed by atoms with E-state index in [1.54, 1.807) is 12.1 Å². The van der Waals surface area contributed by atoms with Crippen molar-refractivity contribution in [2.24, 2.45) is 0 Å². The standard InChI is InChI=1S/C21H21NO/c23-21-12-8-17(9-13-21)14-15-22-16-18-6-10-20(11-7-18)19-4-2-1-3-5-19/h1-13,22-23H,14-16H2. The van der Waals surface area contributed by atoms with Crippen LogP contribution in [0.3, 0.4) is 0 Å². The Morgan fingerprint density at radius 2 is 1.26 bits per heavy atom. The third-order valence-corrected chi connectivity index (χ3v) is 3.92. The molecule has 0 atom stereocenters. The van der Waals surface area contributed by atoms with E-state index in [1.807, 2.05) is 18.2 Å². The smallest absolute Gasteiger partial charge is 0.115 e. The van der Waals surface area contributed by atoms with E-state index < -0.39 is 0 Å². The van der Waals surface area contributed by atoms with Crippen LogP contribution in [0.25, 0.3) is 11.1 Å². The van der Waals surface area contributed by atoms with Crippen LogP contribution in [0.5, 0.6) is 5.75 Å². The van der Waals surface area contributed by atoms with E-state index in [4.69, 9.17) is 0 Å². The lowest BCUT2D eigenvalue weighted by Gasteiger charge is -2.07. The van der Waals surface area contributed by atoms with Crippen molar-refractivity contribution in [1.82, 2.24) is 5.32 Å². The fourth-order valence-electron chi connectivity index (χ4n) is 2.57. The number of rotatable bonds is 6. The molecule has 0 saturated carbocycles. The lowest BCUT2D eigenvalue weighted by atomic mass is 10.0. The molecule has 23 heavy (non-hydrogen) atoms. The van der Waals surface area contributed by atoms with Crippen molar-refractivity contribution >= 4 is 0 Å². The van der Waals surface area contributed by atoms with Crippen LogP contribution < -0.4 is 5.32 Å². The number of benzene rings is 3. The molecule has 2 N–H and O–H groups in total. The van der Waals surface area contributed by atoms with Gasteiger partial charge in [-0.2, -0.15) is 0 Å². The topological polar surface area (TPSA) is 32.3 Å². The molecule has 2 nitrogen and oxygen atoms in total. The highest BCUT2D eigenvalue weighted by Crippen LogP contribution is 2.19. The molecule has 0 spiro atoms. The van der Waals surface area contributed by atoms with Crippen molar-refractivity contribution in [1.29, 1.82) is 0 Å². The van der Waals surface area contributed by atoms with Gasteiger partial charge in [-0.1, -0.05) is 66.7 Å². The summed E-state index contributed by atoms with van der Waals surface area (Å²) in [6.45, 7) is 1.79. The van der Waals surface area contributed by atoms with Crippen LogP contribution in [0, 0.1) is 0 Å². The maximum atomic E-state index is 9.27. The number of hydrogen-bond acceptors (Lipinski definition) is 2. The zero-order chi connectivity index (χ0) is 15.9. The molecule has 0 aliphatic carbocycles. The SMILES string of the molecule is Oc1ccc(CCNCc2ccc(-c3ccccc3)cc2)cc1. The normalized spacial score (nSPS) is 10.6. The second-order valence-corrected chi connectivity index (χ2v) is 5.66. The lowest BCUT2D eigenvalue weighted by Crippen LogP contribution is -2.16. The minimum absolute atomic E-state index is 0.320. The number of hydrogen-bond donors (Lipinski definition) is 2. The highest BCUT2D eigenvalue weighted by atomic mass is 16.3. The fourth-order valence-corrected chi connectivity index (χ4v) is 2.57. The molecule has 116 valence electrons. The first kappa shape index (κ1) is 15.3. The Balaban J connectivity index is 1.48. The van der Waals surface area contributed by atoms with E-state index >= 15 is 0 Å². The summed E-state index contributed by atoms with van der Waals surface area (Å²) in [5, 5.41) is 12.7. The summed E-state index contributed by atoms with van der Waals surface area (Å²) >= 11 is 0. The molecule has 3 rings (SSSR count). The first-order chi connectivity index (χ1) is 11.3.